The predicted molar refractivity (Wildman–Crippen MR) is 91.9 cm³/mol. The molecule has 0 aromatic heterocycles. The lowest BCUT2D eigenvalue weighted by molar-refractivity contribution is 0.0876. The van der Waals surface area contributed by atoms with E-state index in [1.165, 1.54) is 5.56 Å². The van der Waals surface area contributed by atoms with Crippen LogP contribution in [0.2, 0.25) is 0 Å². The summed E-state index contributed by atoms with van der Waals surface area (Å²) in [6.45, 7) is 9.60. The van der Waals surface area contributed by atoms with Crippen molar-refractivity contribution in [2.24, 2.45) is 0 Å². The summed E-state index contributed by atoms with van der Waals surface area (Å²) < 4.78 is 6.10. The topological polar surface area (TPSA) is 44.7 Å². The third-order valence-corrected chi connectivity index (χ3v) is 3.90. The smallest absolute Gasteiger partial charge is 0.0765 e. The van der Waals surface area contributed by atoms with Gasteiger partial charge in [-0.15, -0.1) is 0 Å². The van der Waals surface area contributed by atoms with Crippen LogP contribution in [0.1, 0.15) is 26.3 Å². The predicted octanol–water partition coefficient (Wildman–Crippen LogP) is 2.78. The maximum atomic E-state index is 10.00. The summed E-state index contributed by atoms with van der Waals surface area (Å²) in [7, 11) is 1.70. The first-order chi connectivity index (χ1) is 9.87. The Bertz CT molecular complexity index is 433. The lowest BCUT2D eigenvalue weighted by Crippen LogP contribution is -2.38. The number of halogens is 1. The number of ether oxygens (including phenoxy) is 1. The molecular formula is C16H27BrN2O2. The quantitative estimate of drug-likeness (QED) is 0.666. The van der Waals surface area contributed by atoms with E-state index in [1.807, 2.05) is 13.8 Å². The minimum absolute atomic E-state index is 0.612. The number of hydrogen-bond donors (Lipinski definition) is 2. The second kappa shape index (κ2) is 8.73. The van der Waals surface area contributed by atoms with Gasteiger partial charge in [-0.05, 0) is 38.5 Å². The summed E-state index contributed by atoms with van der Waals surface area (Å²) in [5, 5.41) is 13.3. The molecule has 0 amide bonds. The molecule has 120 valence electrons. The maximum Gasteiger partial charge on any atom is 0.0765 e. The Morgan fingerprint density at radius 1 is 1.38 bits per heavy atom. The van der Waals surface area contributed by atoms with Gasteiger partial charge in [0.25, 0.3) is 0 Å². The molecule has 1 aromatic carbocycles. The Labute approximate surface area is 136 Å². The number of nitrogens with zero attached hydrogens (tertiary/aromatic N) is 1. The summed E-state index contributed by atoms with van der Waals surface area (Å²) in [5.74, 6) is 0. The molecule has 21 heavy (non-hydrogen) atoms. The second-order valence-corrected chi connectivity index (χ2v) is 6.63. The van der Waals surface area contributed by atoms with Gasteiger partial charge >= 0.3 is 0 Å². The van der Waals surface area contributed by atoms with Gasteiger partial charge in [0.2, 0.25) is 0 Å². The monoisotopic (exact) mass is 358 g/mol. The summed E-state index contributed by atoms with van der Waals surface area (Å²) in [6.07, 6.45) is 0. The Kier molecular flexibility index (Phi) is 7.66. The van der Waals surface area contributed by atoms with Gasteiger partial charge in [-0.2, -0.15) is 0 Å². The molecule has 1 aromatic rings. The molecule has 0 aliphatic carbocycles. The highest BCUT2D eigenvalue weighted by molar-refractivity contribution is 9.10. The van der Waals surface area contributed by atoms with Crippen molar-refractivity contribution in [2.45, 2.75) is 32.9 Å². The first-order valence-corrected chi connectivity index (χ1v) is 8.12. The van der Waals surface area contributed by atoms with E-state index >= 15 is 0 Å². The van der Waals surface area contributed by atoms with E-state index in [2.05, 4.69) is 51.3 Å². The fourth-order valence-electron chi connectivity index (χ4n) is 2.13. The zero-order valence-corrected chi connectivity index (χ0v) is 15.0. The van der Waals surface area contributed by atoms with Crippen LogP contribution in [0.3, 0.4) is 0 Å². The van der Waals surface area contributed by atoms with Crippen LogP contribution < -0.4 is 10.2 Å². The number of nitrogens with one attached hydrogen (secondary N) is 1. The fourth-order valence-corrected chi connectivity index (χ4v) is 2.63. The standard InChI is InChI=1S/C16H27BrN2O2/c1-5-19(12-16(2,3)20)14-7-6-13(15(17)10-14)11-18-8-9-21-4/h6-7,10,18,20H,5,8-9,11-12H2,1-4H3. The van der Waals surface area contributed by atoms with Crippen molar-refractivity contribution in [3.63, 3.8) is 0 Å². The number of likely N-dealkylation sites (N-methyl/N-ethyl adjacent to an activating group) is 1. The summed E-state index contributed by atoms with van der Waals surface area (Å²) >= 11 is 3.63. The first kappa shape index (κ1) is 18.4. The average Bonchev–Trinajstić information content (AvgIpc) is 2.41. The van der Waals surface area contributed by atoms with Crippen LogP contribution in [0.15, 0.2) is 22.7 Å². The first-order valence-electron chi connectivity index (χ1n) is 7.32. The molecule has 0 saturated carbocycles. The van der Waals surface area contributed by atoms with Gasteiger partial charge in [-0.3, -0.25) is 0 Å². The fraction of sp³-hybridized carbons (Fsp3) is 0.625. The summed E-state index contributed by atoms with van der Waals surface area (Å²) in [6, 6.07) is 6.34. The van der Waals surface area contributed by atoms with E-state index in [-0.39, 0.29) is 0 Å². The minimum atomic E-state index is -0.705. The van der Waals surface area contributed by atoms with Crippen LogP contribution in [0.4, 0.5) is 5.69 Å². The maximum absolute atomic E-state index is 10.00. The van der Waals surface area contributed by atoms with Crippen LogP contribution in [0.25, 0.3) is 0 Å². The molecule has 0 fully saturated rings. The number of rotatable bonds is 9. The van der Waals surface area contributed by atoms with E-state index in [0.717, 1.165) is 29.8 Å². The molecule has 5 heteroatoms. The zero-order chi connectivity index (χ0) is 15.9. The Morgan fingerprint density at radius 3 is 2.62 bits per heavy atom. The molecule has 0 radical (unpaired) electrons. The number of methoxy groups -OCH3 is 1. The van der Waals surface area contributed by atoms with Gasteiger partial charge in [0.1, 0.15) is 0 Å². The molecule has 0 atom stereocenters. The number of benzene rings is 1. The van der Waals surface area contributed by atoms with E-state index < -0.39 is 5.60 Å². The van der Waals surface area contributed by atoms with E-state index in [0.29, 0.717) is 13.2 Å². The highest BCUT2D eigenvalue weighted by Gasteiger charge is 2.18. The van der Waals surface area contributed by atoms with Gasteiger partial charge in [-0.1, -0.05) is 22.0 Å². The molecule has 0 bridgehead atoms. The second-order valence-electron chi connectivity index (χ2n) is 5.77. The number of anilines is 1. The van der Waals surface area contributed by atoms with E-state index in [4.69, 9.17) is 4.74 Å². The highest BCUT2D eigenvalue weighted by atomic mass is 79.9. The lowest BCUT2D eigenvalue weighted by atomic mass is 10.1. The molecule has 0 spiro atoms. The van der Waals surface area contributed by atoms with Crippen molar-refractivity contribution in [2.75, 3.05) is 38.3 Å². The van der Waals surface area contributed by atoms with E-state index in [9.17, 15) is 5.11 Å². The Hall–Kier alpha value is -0.620. The number of aliphatic hydroxyl groups is 1. The SMILES string of the molecule is CCN(CC(C)(C)O)c1ccc(CNCCOC)c(Br)c1. The van der Waals surface area contributed by atoms with Gasteiger partial charge in [0.15, 0.2) is 0 Å². The zero-order valence-electron chi connectivity index (χ0n) is 13.4. The highest BCUT2D eigenvalue weighted by Crippen LogP contribution is 2.25. The van der Waals surface area contributed by atoms with Crippen molar-refractivity contribution in [3.8, 4) is 0 Å². The van der Waals surface area contributed by atoms with Crippen LogP contribution >= 0.6 is 15.9 Å². The molecule has 0 aliphatic heterocycles. The number of hydrogen-bond acceptors (Lipinski definition) is 4. The van der Waals surface area contributed by atoms with Gasteiger partial charge in [0.05, 0.1) is 12.2 Å². The molecule has 0 saturated heterocycles. The molecule has 1 rings (SSSR count). The van der Waals surface area contributed by atoms with Crippen molar-refractivity contribution >= 4 is 21.6 Å². The lowest BCUT2D eigenvalue weighted by Gasteiger charge is -2.30. The third-order valence-electron chi connectivity index (χ3n) is 3.16. The minimum Gasteiger partial charge on any atom is -0.389 e. The van der Waals surface area contributed by atoms with Crippen LogP contribution in [-0.4, -0.2) is 44.1 Å². The van der Waals surface area contributed by atoms with E-state index in [1.54, 1.807) is 7.11 Å². The van der Waals surface area contributed by atoms with Crippen molar-refractivity contribution in [3.05, 3.63) is 28.2 Å². The van der Waals surface area contributed by atoms with Crippen LogP contribution in [-0.2, 0) is 11.3 Å². The molecule has 4 nitrogen and oxygen atoms in total. The molecule has 0 aliphatic rings. The van der Waals surface area contributed by atoms with Gasteiger partial charge < -0.3 is 20.1 Å². The normalized spacial score (nSPS) is 11.7. The summed E-state index contributed by atoms with van der Waals surface area (Å²) in [5.41, 5.74) is 1.63. The largest absolute Gasteiger partial charge is 0.389 e. The van der Waals surface area contributed by atoms with Crippen molar-refractivity contribution in [1.29, 1.82) is 0 Å². The van der Waals surface area contributed by atoms with Crippen molar-refractivity contribution < 1.29 is 9.84 Å². The van der Waals surface area contributed by atoms with Crippen LogP contribution in [0, 0.1) is 0 Å². The Balaban J connectivity index is 2.71. The molecule has 0 heterocycles. The van der Waals surface area contributed by atoms with Crippen molar-refractivity contribution in [1.82, 2.24) is 5.32 Å². The Morgan fingerprint density at radius 2 is 2.10 bits per heavy atom. The molecular weight excluding hydrogens is 332 g/mol. The van der Waals surface area contributed by atoms with Crippen LogP contribution in [0.5, 0.6) is 0 Å². The summed E-state index contributed by atoms with van der Waals surface area (Å²) in [4.78, 5) is 2.17. The molecule has 0 unspecified atom stereocenters. The third kappa shape index (κ3) is 6.78. The average molecular weight is 359 g/mol. The van der Waals surface area contributed by atoms with Gasteiger partial charge in [-0.25, -0.2) is 0 Å². The van der Waals surface area contributed by atoms with Gasteiger partial charge in [0, 0.05) is 43.4 Å². The molecule has 2 N–H and O–H groups in total.